The van der Waals surface area contributed by atoms with Crippen LogP contribution >= 0.6 is 0 Å². The van der Waals surface area contributed by atoms with Crippen LogP contribution in [0.2, 0.25) is 0 Å². The number of aromatic hydroxyl groups is 4. The van der Waals surface area contributed by atoms with E-state index in [0.29, 0.717) is 0 Å². The molecule has 7 N–H and O–H groups in total. The molecule has 7 heteroatoms. The lowest BCUT2D eigenvalue weighted by Crippen LogP contribution is -2.26. The Bertz CT molecular complexity index is 671. The third-order valence-electron chi connectivity index (χ3n) is 3.32. The molecule has 0 saturated carbocycles. The van der Waals surface area contributed by atoms with E-state index in [4.69, 9.17) is 0 Å². The molecule has 0 aliphatic carbocycles. The molecular formula is C15H16O7. The normalized spacial score (nSPS) is 15.2. The van der Waals surface area contributed by atoms with Gasteiger partial charge in [-0.2, -0.15) is 0 Å². The van der Waals surface area contributed by atoms with Gasteiger partial charge in [0.05, 0.1) is 0 Å². The molecule has 118 valence electrons. The molecule has 7 nitrogen and oxygen atoms in total. The summed E-state index contributed by atoms with van der Waals surface area (Å²) in [5.41, 5.74) is -0.00697. The zero-order valence-electron chi connectivity index (χ0n) is 11.3. The maximum Gasteiger partial charge on any atom is 0.157 e. The van der Waals surface area contributed by atoms with Crippen molar-refractivity contribution in [3.8, 4) is 23.0 Å². The van der Waals surface area contributed by atoms with E-state index in [1.165, 1.54) is 18.2 Å². The lowest BCUT2D eigenvalue weighted by Gasteiger charge is -2.24. The number of phenols is 4. The molecule has 0 amide bonds. The van der Waals surface area contributed by atoms with Crippen LogP contribution in [0.1, 0.15) is 23.3 Å². The number of phenolic OH excluding ortho intramolecular Hbond substituents is 4. The fourth-order valence-electron chi connectivity index (χ4n) is 2.06. The van der Waals surface area contributed by atoms with Crippen molar-refractivity contribution in [3.63, 3.8) is 0 Å². The van der Waals surface area contributed by atoms with Crippen molar-refractivity contribution in [3.05, 3.63) is 47.5 Å². The SMILES string of the molecule is Oc1ccc(C(O)C(O)C(O)c2ccc(O)c(O)c2)c(O)c1. The van der Waals surface area contributed by atoms with Gasteiger partial charge in [0.1, 0.15) is 29.8 Å². The van der Waals surface area contributed by atoms with Crippen molar-refractivity contribution in [2.45, 2.75) is 18.3 Å². The van der Waals surface area contributed by atoms with Crippen molar-refractivity contribution < 1.29 is 35.7 Å². The fourth-order valence-corrected chi connectivity index (χ4v) is 2.06. The highest BCUT2D eigenvalue weighted by Gasteiger charge is 2.29. The quantitative estimate of drug-likeness (QED) is 0.411. The third kappa shape index (κ3) is 3.06. The van der Waals surface area contributed by atoms with Crippen LogP contribution in [0.25, 0.3) is 0 Å². The van der Waals surface area contributed by atoms with Crippen LogP contribution < -0.4 is 0 Å². The first-order chi connectivity index (χ1) is 10.3. The van der Waals surface area contributed by atoms with E-state index in [9.17, 15) is 35.7 Å². The predicted octanol–water partition coefficient (Wildman–Crippen LogP) is 0.637. The molecule has 0 heterocycles. The Labute approximate surface area is 125 Å². The van der Waals surface area contributed by atoms with Gasteiger partial charge in [0.2, 0.25) is 0 Å². The van der Waals surface area contributed by atoms with E-state index in [0.717, 1.165) is 18.2 Å². The van der Waals surface area contributed by atoms with Crippen molar-refractivity contribution in [1.82, 2.24) is 0 Å². The van der Waals surface area contributed by atoms with Gasteiger partial charge in [-0.1, -0.05) is 6.07 Å². The summed E-state index contributed by atoms with van der Waals surface area (Å²) < 4.78 is 0. The first kappa shape index (κ1) is 15.9. The van der Waals surface area contributed by atoms with Crippen LogP contribution in [0.3, 0.4) is 0 Å². The average molecular weight is 308 g/mol. The minimum atomic E-state index is -1.71. The average Bonchev–Trinajstić information content (AvgIpc) is 2.48. The standard InChI is InChI=1S/C15H16O7/c16-8-2-3-9(11(18)6-8)14(21)15(22)13(20)7-1-4-10(17)12(19)5-7/h1-6,13-22H. The monoisotopic (exact) mass is 308 g/mol. The second-order valence-electron chi connectivity index (χ2n) is 4.87. The summed E-state index contributed by atoms with van der Waals surface area (Å²) >= 11 is 0. The molecular weight excluding hydrogens is 292 g/mol. The number of aliphatic hydroxyl groups is 3. The van der Waals surface area contributed by atoms with Gasteiger partial charge in [0.15, 0.2) is 11.5 Å². The smallest absolute Gasteiger partial charge is 0.157 e. The van der Waals surface area contributed by atoms with Gasteiger partial charge in [0, 0.05) is 11.6 Å². The van der Waals surface area contributed by atoms with Crippen molar-refractivity contribution in [1.29, 1.82) is 0 Å². The minimum Gasteiger partial charge on any atom is -0.508 e. The molecule has 0 bridgehead atoms. The van der Waals surface area contributed by atoms with Crippen LogP contribution in [-0.4, -0.2) is 41.8 Å². The number of hydrogen-bond donors (Lipinski definition) is 7. The Hall–Kier alpha value is -2.48. The number of rotatable bonds is 4. The lowest BCUT2D eigenvalue weighted by molar-refractivity contribution is -0.0629. The van der Waals surface area contributed by atoms with E-state index in [2.05, 4.69) is 0 Å². The fraction of sp³-hybridized carbons (Fsp3) is 0.200. The van der Waals surface area contributed by atoms with E-state index in [1.807, 2.05) is 0 Å². The largest absolute Gasteiger partial charge is 0.508 e. The third-order valence-corrected chi connectivity index (χ3v) is 3.32. The van der Waals surface area contributed by atoms with Gasteiger partial charge < -0.3 is 35.7 Å². The van der Waals surface area contributed by atoms with Crippen molar-refractivity contribution in [2.24, 2.45) is 0 Å². The van der Waals surface area contributed by atoms with E-state index >= 15 is 0 Å². The predicted molar refractivity (Wildman–Crippen MR) is 75.5 cm³/mol. The summed E-state index contributed by atoms with van der Waals surface area (Å²) in [6.45, 7) is 0. The second kappa shape index (κ2) is 6.10. The Morgan fingerprint density at radius 2 is 1.32 bits per heavy atom. The second-order valence-corrected chi connectivity index (χ2v) is 4.87. The number of aliphatic hydroxyl groups excluding tert-OH is 3. The molecule has 0 aliphatic heterocycles. The van der Waals surface area contributed by atoms with E-state index in [-0.39, 0.29) is 22.6 Å². The summed E-state index contributed by atoms with van der Waals surface area (Å²) in [5.74, 6) is -1.52. The van der Waals surface area contributed by atoms with Crippen LogP contribution in [0.5, 0.6) is 23.0 Å². The molecule has 0 aromatic heterocycles. The molecule has 22 heavy (non-hydrogen) atoms. The van der Waals surface area contributed by atoms with Crippen LogP contribution in [0, 0.1) is 0 Å². The first-order valence-corrected chi connectivity index (χ1v) is 6.39. The van der Waals surface area contributed by atoms with Gasteiger partial charge in [-0.15, -0.1) is 0 Å². The van der Waals surface area contributed by atoms with Crippen molar-refractivity contribution in [2.75, 3.05) is 0 Å². The zero-order valence-corrected chi connectivity index (χ0v) is 11.3. The molecule has 0 saturated heterocycles. The highest BCUT2D eigenvalue weighted by Crippen LogP contribution is 2.35. The highest BCUT2D eigenvalue weighted by molar-refractivity contribution is 5.43. The highest BCUT2D eigenvalue weighted by atomic mass is 16.4. The molecule has 0 spiro atoms. The molecule has 2 aromatic carbocycles. The summed E-state index contributed by atoms with van der Waals surface area (Å²) in [5, 5.41) is 67.6. The summed E-state index contributed by atoms with van der Waals surface area (Å²) in [4.78, 5) is 0. The molecule has 3 atom stereocenters. The molecule has 3 unspecified atom stereocenters. The first-order valence-electron chi connectivity index (χ1n) is 6.39. The topological polar surface area (TPSA) is 142 Å². The summed E-state index contributed by atoms with van der Waals surface area (Å²) in [6, 6.07) is 6.86. The van der Waals surface area contributed by atoms with Crippen LogP contribution in [-0.2, 0) is 0 Å². The van der Waals surface area contributed by atoms with Gasteiger partial charge in [0.25, 0.3) is 0 Å². The number of benzene rings is 2. The van der Waals surface area contributed by atoms with Gasteiger partial charge in [-0.25, -0.2) is 0 Å². The summed E-state index contributed by atoms with van der Waals surface area (Å²) in [6.07, 6.45) is -4.92. The van der Waals surface area contributed by atoms with Gasteiger partial charge in [-0.05, 0) is 29.8 Å². The summed E-state index contributed by atoms with van der Waals surface area (Å²) in [7, 11) is 0. The number of hydrogen-bond acceptors (Lipinski definition) is 7. The Morgan fingerprint density at radius 1 is 0.636 bits per heavy atom. The minimum absolute atomic E-state index is 0.0696. The Morgan fingerprint density at radius 3 is 1.91 bits per heavy atom. The van der Waals surface area contributed by atoms with Crippen LogP contribution in [0.15, 0.2) is 36.4 Å². The maximum absolute atomic E-state index is 10.1. The van der Waals surface area contributed by atoms with E-state index < -0.39 is 29.8 Å². The Balaban J connectivity index is 2.25. The van der Waals surface area contributed by atoms with Gasteiger partial charge in [-0.3, -0.25) is 0 Å². The molecule has 2 aromatic rings. The molecule has 0 fully saturated rings. The van der Waals surface area contributed by atoms with E-state index in [1.54, 1.807) is 0 Å². The lowest BCUT2D eigenvalue weighted by atomic mass is 9.95. The zero-order chi connectivity index (χ0) is 16.4. The van der Waals surface area contributed by atoms with Crippen molar-refractivity contribution >= 4 is 0 Å². The van der Waals surface area contributed by atoms with Crippen LogP contribution in [0.4, 0.5) is 0 Å². The van der Waals surface area contributed by atoms with Gasteiger partial charge >= 0.3 is 0 Å². The molecule has 0 radical (unpaired) electrons. The maximum atomic E-state index is 10.1. The molecule has 0 aliphatic rings. The Kier molecular flexibility index (Phi) is 4.41. The molecule has 2 rings (SSSR count).